The number of benzene rings is 2. The van der Waals surface area contributed by atoms with Gasteiger partial charge in [0.15, 0.2) is 0 Å². The molecule has 2 rings (SSSR count). The molecular weight excluding hydrogens is 456 g/mol. The molecule has 0 fully saturated rings. The van der Waals surface area contributed by atoms with Gasteiger partial charge in [0.1, 0.15) is 0 Å². The van der Waals surface area contributed by atoms with Gasteiger partial charge in [-0.3, -0.25) is 9.59 Å². The summed E-state index contributed by atoms with van der Waals surface area (Å²) in [7, 11) is 3.40. The number of unbranched alkanes of at least 4 members (excludes halogenated alkanes) is 5. The van der Waals surface area contributed by atoms with Gasteiger partial charge < -0.3 is 18.9 Å². The third-order valence-electron chi connectivity index (χ3n) is 5.91. The Morgan fingerprint density at radius 1 is 0.500 bits per heavy atom. The van der Waals surface area contributed by atoms with E-state index in [0.717, 1.165) is 75.7 Å². The topological polar surface area (TPSA) is 71.1 Å². The first-order valence-corrected chi connectivity index (χ1v) is 13.1. The van der Waals surface area contributed by atoms with Gasteiger partial charge in [-0.1, -0.05) is 55.0 Å². The Bertz CT molecular complexity index is 860. The van der Waals surface area contributed by atoms with Gasteiger partial charge in [-0.25, -0.2) is 0 Å². The summed E-state index contributed by atoms with van der Waals surface area (Å²) in [6.45, 7) is 2.47. The Morgan fingerprint density at radius 2 is 0.833 bits per heavy atom. The summed E-state index contributed by atoms with van der Waals surface area (Å²) >= 11 is 0. The predicted octanol–water partition coefficient (Wildman–Crippen LogP) is 5.47. The van der Waals surface area contributed by atoms with Gasteiger partial charge >= 0.3 is 11.9 Å². The van der Waals surface area contributed by atoms with Gasteiger partial charge in [0.2, 0.25) is 0 Å². The molecule has 0 aromatic heterocycles. The summed E-state index contributed by atoms with van der Waals surface area (Å²) in [5.74, 6) is -0.370. The van der Waals surface area contributed by atoms with Gasteiger partial charge in [0, 0.05) is 27.4 Å². The molecule has 0 amide bonds. The fourth-order valence-electron chi connectivity index (χ4n) is 3.82. The summed E-state index contributed by atoms with van der Waals surface area (Å²) in [4.78, 5) is 24.1. The number of esters is 2. The molecule has 0 atom stereocenters. The lowest BCUT2D eigenvalue weighted by atomic mass is 10.0. The maximum absolute atomic E-state index is 12.1. The SMILES string of the molecule is COCCCCCCOC(=O)Cc1ccc(Cc2ccc(CC(=O)OCCCCCOC)cc2)cc1. The van der Waals surface area contributed by atoms with Crippen LogP contribution in [0.1, 0.15) is 67.2 Å². The normalized spacial score (nSPS) is 10.8. The second-order valence-corrected chi connectivity index (χ2v) is 9.06. The van der Waals surface area contributed by atoms with Crippen molar-refractivity contribution in [3.8, 4) is 0 Å². The van der Waals surface area contributed by atoms with E-state index in [0.29, 0.717) is 19.6 Å². The lowest BCUT2D eigenvalue weighted by Gasteiger charge is -2.08. The summed E-state index contributed by atoms with van der Waals surface area (Å²) < 4.78 is 20.7. The first-order chi connectivity index (χ1) is 17.6. The predicted molar refractivity (Wildman–Crippen MR) is 141 cm³/mol. The first kappa shape index (κ1) is 29.5. The van der Waals surface area contributed by atoms with Crippen molar-refractivity contribution in [2.45, 2.75) is 64.2 Å². The minimum absolute atomic E-state index is 0.181. The highest BCUT2D eigenvalue weighted by molar-refractivity contribution is 5.73. The van der Waals surface area contributed by atoms with Gasteiger partial charge in [-0.2, -0.15) is 0 Å². The van der Waals surface area contributed by atoms with Gasteiger partial charge in [0.25, 0.3) is 0 Å². The monoisotopic (exact) mass is 498 g/mol. The van der Waals surface area contributed by atoms with E-state index in [1.165, 1.54) is 11.1 Å². The molecule has 0 aliphatic carbocycles. The van der Waals surface area contributed by atoms with Crippen molar-refractivity contribution in [3.63, 3.8) is 0 Å². The van der Waals surface area contributed by atoms with Gasteiger partial charge in [0.05, 0.1) is 26.1 Å². The zero-order valence-electron chi connectivity index (χ0n) is 22.0. The summed E-state index contributed by atoms with van der Waals surface area (Å²) in [6, 6.07) is 16.1. The number of carbonyl (C=O) groups is 2. The smallest absolute Gasteiger partial charge is 0.310 e. The van der Waals surface area contributed by atoms with Crippen LogP contribution >= 0.6 is 0 Å². The molecule has 0 saturated heterocycles. The van der Waals surface area contributed by atoms with Crippen LogP contribution in [0.4, 0.5) is 0 Å². The Kier molecular flexibility index (Phi) is 15.2. The molecule has 0 N–H and O–H groups in total. The maximum atomic E-state index is 12.1. The fourth-order valence-corrected chi connectivity index (χ4v) is 3.82. The van der Waals surface area contributed by atoms with E-state index >= 15 is 0 Å². The quantitative estimate of drug-likeness (QED) is 0.189. The van der Waals surface area contributed by atoms with Crippen molar-refractivity contribution in [3.05, 3.63) is 70.8 Å². The lowest BCUT2D eigenvalue weighted by Crippen LogP contribution is -2.09. The molecule has 0 bridgehead atoms. The largest absolute Gasteiger partial charge is 0.465 e. The molecule has 198 valence electrons. The minimum atomic E-state index is -0.189. The van der Waals surface area contributed by atoms with Crippen LogP contribution in [0.3, 0.4) is 0 Å². The molecule has 6 nitrogen and oxygen atoms in total. The molecule has 36 heavy (non-hydrogen) atoms. The Morgan fingerprint density at radius 3 is 1.22 bits per heavy atom. The van der Waals surface area contributed by atoms with E-state index < -0.39 is 0 Å². The van der Waals surface area contributed by atoms with Gasteiger partial charge in [-0.15, -0.1) is 0 Å². The molecule has 6 heteroatoms. The van der Waals surface area contributed by atoms with Crippen LogP contribution < -0.4 is 0 Å². The molecule has 0 aliphatic heterocycles. The summed E-state index contributed by atoms with van der Waals surface area (Å²) in [5, 5.41) is 0. The van der Waals surface area contributed by atoms with Crippen molar-refractivity contribution in [1.82, 2.24) is 0 Å². The molecule has 0 unspecified atom stereocenters. The van der Waals surface area contributed by atoms with Crippen LogP contribution in [0.5, 0.6) is 0 Å². The maximum Gasteiger partial charge on any atom is 0.310 e. The highest BCUT2D eigenvalue weighted by Gasteiger charge is 2.07. The number of ether oxygens (including phenoxy) is 4. The zero-order valence-corrected chi connectivity index (χ0v) is 22.0. The number of carbonyl (C=O) groups excluding carboxylic acids is 2. The molecule has 0 saturated carbocycles. The third-order valence-corrected chi connectivity index (χ3v) is 5.91. The molecular formula is C30H42O6. The highest BCUT2D eigenvalue weighted by Crippen LogP contribution is 2.14. The average Bonchev–Trinajstić information content (AvgIpc) is 2.88. The Balaban J connectivity index is 1.65. The van der Waals surface area contributed by atoms with E-state index in [-0.39, 0.29) is 18.4 Å². The van der Waals surface area contributed by atoms with Crippen LogP contribution in [-0.4, -0.2) is 52.6 Å². The van der Waals surface area contributed by atoms with Crippen molar-refractivity contribution < 1.29 is 28.5 Å². The number of hydrogen-bond donors (Lipinski definition) is 0. The van der Waals surface area contributed by atoms with Crippen molar-refractivity contribution >= 4 is 11.9 Å². The van der Waals surface area contributed by atoms with Crippen molar-refractivity contribution in [1.29, 1.82) is 0 Å². The minimum Gasteiger partial charge on any atom is -0.465 e. The number of rotatable bonds is 19. The number of methoxy groups -OCH3 is 2. The second kappa shape index (κ2) is 18.6. The van der Waals surface area contributed by atoms with Crippen LogP contribution in [0.15, 0.2) is 48.5 Å². The van der Waals surface area contributed by atoms with Crippen LogP contribution in [0.25, 0.3) is 0 Å². The first-order valence-electron chi connectivity index (χ1n) is 13.1. The van der Waals surface area contributed by atoms with E-state index in [1.54, 1.807) is 14.2 Å². The van der Waals surface area contributed by atoms with E-state index in [1.807, 2.05) is 36.4 Å². The number of hydrogen-bond acceptors (Lipinski definition) is 6. The van der Waals surface area contributed by atoms with Crippen LogP contribution in [0, 0.1) is 0 Å². The van der Waals surface area contributed by atoms with Gasteiger partial charge in [-0.05, 0) is 67.2 Å². The fraction of sp³-hybridized carbons (Fsp3) is 0.533. The van der Waals surface area contributed by atoms with E-state index in [2.05, 4.69) is 12.1 Å². The lowest BCUT2D eigenvalue weighted by molar-refractivity contribution is -0.143. The third kappa shape index (κ3) is 13.4. The zero-order chi connectivity index (χ0) is 25.8. The van der Waals surface area contributed by atoms with Crippen LogP contribution in [-0.2, 0) is 47.8 Å². The molecule has 0 radical (unpaired) electrons. The highest BCUT2D eigenvalue weighted by atomic mass is 16.5. The molecule has 0 heterocycles. The summed E-state index contributed by atoms with van der Waals surface area (Å²) in [5.41, 5.74) is 4.25. The van der Waals surface area contributed by atoms with Crippen molar-refractivity contribution in [2.24, 2.45) is 0 Å². The second-order valence-electron chi connectivity index (χ2n) is 9.06. The molecule has 0 spiro atoms. The molecule has 0 aliphatic rings. The Labute approximate surface area is 216 Å². The Hall–Kier alpha value is -2.70. The average molecular weight is 499 g/mol. The van der Waals surface area contributed by atoms with Crippen LogP contribution in [0.2, 0.25) is 0 Å². The van der Waals surface area contributed by atoms with E-state index in [4.69, 9.17) is 18.9 Å². The summed E-state index contributed by atoms with van der Waals surface area (Å²) in [6.07, 6.45) is 8.31. The van der Waals surface area contributed by atoms with Crippen molar-refractivity contribution in [2.75, 3.05) is 40.6 Å². The standard InChI is InChI=1S/C30H42O6/c1-33-18-6-3-4-8-20-35-29(31)23-27-14-10-25(11-15-27)22-26-12-16-28(17-13-26)24-30(32)36-21-9-5-7-19-34-2/h10-17H,3-9,18-24H2,1-2H3. The molecule has 2 aromatic rings. The molecule has 2 aromatic carbocycles. The van der Waals surface area contributed by atoms with E-state index in [9.17, 15) is 9.59 Å².